The van der Waals surface area contributed by atoms with Crippen LogP contribution < -0.4 is 5.73 Å². The normalized spacial score (nSPS) is 41.7. The Balaban J connectivity index is 0.000000605. The maximum Gasteiger partial charge on any atom is 0.0579 e. The van der Waals surface area contributed by atoms with Gasteiger partial charge >= 0.3 is 0 Å². The summed E-state index contributed by atoms with van der Waals surface area (Å²) in [6, 6.07) is 0. The maximum atomic E-state index is 5.63. The molecule has 2 aliphatic rings. The largest absolute Gasteiger partial charge is 0.378 e. The molecule has 1 aliphatic carbocycles. The molecule has 2 nitrogen and oxygen atoms in total. The summed E-state index contributed by atoms with van der Waals surface area (Å²) in [5, 5.41) is 0. The molecule has 3 heteroatoms. The summed E-state index contributed by atoms with van der Waals surface area (Å²) in [6.07, 6.45) is 4.42. The molecule has 66 valence electrons. The van der Waals surface area contributed by atoms with Gasteiger partial charge in [0.05, 0.1) is 12.7 Å². The quantitative estimate of drug-likeness (QED) is 0.653. The number of ether oxygens (including phenoxy) is 1. The van der Waals surface area contributed by atoms with E-state index in [1.807, 2.05) is 0 Å². The third-order valence-corrected chi connectivity index (χ3v) is 2.94. The zero-order valence-electron chi connectivity index (χ0n) is 6.66. The predicted molar refractivity (Wildman–Crippen MR) is 46.9 cm³/mol. The van der Waals surface area contributed by atoms with E-state index in [0.717, 1.165) is 25.0 Å². The first kappa shape index (κ1) is 9.30. The first-order valence-electron chi connectivity index (χ1n) is 4.22. The van der Waals surface area contributed by atoms with Crippen LogP contribution in [0.1, 0.15) is 19.3 Å². The fourth-order valence-corrected chi connectivity index (χ4v) is 2.21. The lowest BCUT2D eigenvalue weighted by Crippen LogP contribution is -2.27. The summed E-state index contributed by atoms with van der Waals surface area (Å²) in [5.41, 5.74) is 5.63. The zero-order valence-corrected chi connectivity index (χ0v) is 7.48. The molecule has 1 heterocycles. The second kappa shape index (κ2) is 3.74. The summed E-state index contributed by atoms with van der Waals surface area (Å²) >= 11 is 0. The average Bonchev–Trinajstić information content (AvgIpc) is 2.34. The van der Waals surface area contributed by atoms with E-state index in [9.17, 15) is 0 Å². The second-order valence-electron chi connectivity index (χ2n) is 3.52. The SMILES string of the molecule is Cl.NCC1CCC2CC1CO2. The Morgan fingerprint density at radius 2 is 2.18 bits per heavy atom. The highest BCUT2D eigenvalue weighted by molar-refractivity contribution is 5.85. The minimum absolute atomic E-state index is 0. The fourth-order valence-electron chi connectivity index (χ4n) is 2.21. The fraction of sp³-hybridized carbons (Fsp3) is 1.00. The highest BCUT2D eigenvalue weighted by atomic mass is 35.5. The van der Waals surface area contributed by atoms with Crippen LogP contribution in [0, 0.1) is 11.8 Å². The lowest BCUT2D eigenvalue weighted by atomic mass is 9.80. The topological polar surface area (TPSA) is 35.2 Å². The average molecular weight is 178 g/mol. The Labute approximate surface area is 73.9 Å². The molecular weight excluding hydrogens is 162 g/mol. The van der Waals surface area contributed by atoms with E-state index in [1.165, 1.54) is 19.3 Å². The Morgan fingerprint density at radius 1 is 1.36 bits per heavy atom. The van der Waals surface area contributed by atoms with Crippen LogP contribution in [0.15, 0.2) is 0 Å². The van der Waals surface area contributed by atoms with Crippen molar-refractivity contribution in [2.24, 2.45) is 17.6 Å². The van der Waals surface area contributed by atoms with Gasteiger partial charge in [-0.25, -0.2) is 0 Å². The van der Waals surface area contributed by atoms with Crippen LogP contribution >= 0.6 is 12.4 Å². The van der Waals surface area contributed by atoms with Crippen molar-refractivity contribution in [3.05, 3.63) is 0 Å². The molecule has 0 aromatic carbocycles. The van der Waals surface area contributed by atoms with Gasteiger partial charge in [0, 0.05) is 0 Å². The highest BCUT2D eigenvalue weighted by Gasteiger charge is 2.35. The lowest BCUT2D eigenvalue weighted by Gasteiger charge is -2.25. The van der Waals surface area contributed by atoms with Gasteiger partial charge < -0.3 is 10.5 Å². The van der Waals surface area contributed by atoms with Crippen molar-refractivity contribution in [1.82, 2.24) is 0 Å². The molecule has 2 rings (SSSR count). The van der Waals surface area contributed by atoms with Crippen LogP contribution in [0.4, 0.5) is 0 Å². The van der Waals surface area contributed by atoms with Crippen molar-refractivity contribution in [3.8, 4) is 0 Å². The Hall–Kier alpha value is 0.210. The van der Waals surface area contributed by atoms with E-state index in [2.05, 4.69) is 0 Å². The molecule has 0 aromatic heterocycles. The molecule has 1 saturated heterocycles. The summed E-state index contributed by atoms with van der Waals surface area (Å²) in [7, 11) is 0. The third kappa shape index (κ3) is 1.68. The van der Waals surface area contributed by atoms with E-state index < -0.39 is 0 Å². The van der Waals surface area contributed by atoms with Crippen molar-refractivity contribution >= 4 is 12.4 Å². The van der Waals surface area contributed by atoms with Crippen molar-refractivity contribution < 1.29 is 4.74 Å². The minimum atomic E-state index is 0. The van der Waals surface area contributed by atoms with Crippen molar-refractivity contribution in [2.75, 3.05) is 13.2 Å². The Kier molecular flexibility index (Phi) is 3.16. The first-order chi connectivity index (χ1) is 4.90. The van der Waals surface area contributed by atoms with Gasteiger partial charge in [-0.05, 0) is 37.6 Å². The summed E-state index contributed by atoms with van der Waals surface area (Å²) in [5.74, 6) is 1.56. The molecule has 0 radical (unpaired) electrons. The standard InChI is InChI=1S/C8H15NO.ClH/c9-4-6-1-2-8-3-7(6)5-10-8;/h6-8H,1-5,9H2;1H. The molecule has 3 atom stereocenters. The molecule has 2 N–H and O–H groups in total. The number of nitrogens with two attached hydrogens (primary N) is 1. The Bertz CT molecular complexity index is 131. The number of rotatable bonds is 1. The van der Waals surface area contributed by atoms with Crippen LogP contribution in [0.25, 0.3) is 0 Å². The minimum Gasteiger partial charge on any atom is -0.378 e. The van der Waals surface area contributed by atoms with Gasteiger partial charge in [0.2, 0.25) is 0 Å². The van der Waals surface area contributed by atoms with Gasteiger partial charge in [-0.15, -0.1) is 12.4 Å². The van der Waals surface area contributed by atoms with Gasteiger partial charge in [0.1, 0.15) is 0 Å². The van der Waals surface area contributed by atoms with E-state index in [4.69, 9.17) is 10.5 Å². The van der Waals surface area contributed by atoms with Gasteiger partial charge in [-0.2, -0.15) is 0 Å². The van der Waals surface area contributed by atoms with Crippen LogP contribution in [0.2, 0.25) is 0 Å². The molecule has 1 saturated carbocycles. The highest BCUT2D eigenvalue weighted by Crippen LogP contribution is 2.36. The lowest BCUT2D eigenvalue weighted by molar-refractivity contribution is 0.107. The number of fused-ring (bicyclic) bond motifs is 2. The van der Waals surface area contributed by atoms with Crippen LogP contribution in [-0.4, -0.2) is 19.3 Å². The zero-order chi connectivity index (χ0) is 6.97. The molecular formula is C8H16ClNO. The third-order valence-electron chi connectivity index (χ3n) is 2.94. The van der Waals surface area contributed by atoms with Crippen LogP contribution in [-0.2, 0) is 4.74 Å². The van der Waals surface area contributed by atoms with E-state index in [0.29, 0.717) is 6.10 Å². The first-order valence-corrected chi connectivity index (χ1v) is 4.22. The predicted octanol–water partition coefficient (Wildman–Crippen LogP) is 1.18. The second-order valence-corrected chi connectivity index (χ2v) is 3.52. The maximum absolute atomic E-state index is 5.63. The molecule has 11 heavy (non-hydrogen) atoms. The molecule has 0 amide bonds. The Morgan fingerprint density at radius 3 is 2.91 bits per heavy atom. The molecule has 0 spiro atoms. The smallest absolute Gasteiger partial charge is 0.0579 e. The van der Waals surface area contributed by atoms with E-state index >= 15 is 0 Å². The number of hydrogen-bond donors (Lipinski definition) is 1. The molecule has 0 aromatic rings. The summed E-state index contributed by atoms with van der Waals surface area (Å²) in [6.45, 7) is 1.84. The van der Waals surface area contributed by atoms with Gasteiger partial charge in [-0.1, -0.05) is 0 Å². The van der Waals surface area contributed by atoms with Crippen molar-refractivity contribution in [3.63, 3.8) is 0 Å². The molecule has 3 unspecified atom stereocenters. The molecule has 2 bridgehead atoms. The summed E-state index contributed by atoms with van der Waals surface area (Å²) in [4.78, 5) is 0. The van der Waals surface area contributed by atoms with E-state index in [-0.39, 0.29) is 12.4 Å². The van der Waals surface area contributed by atoms with Crippen LogP contribution in [0.5, 0.6) is 0 Å². The number of halogens is 1. The van der Waals surface area contributed by atoms with Crippen molar-refractivity contribution in [2.45, 2.75) is 25.4 Å². The van der Waals surface area contributed by atoms with Gasteiger partial charge in [0.25, 0.3) is 0 Å². The van der Waals surface area contributed by atoms with Crippen molar-refractivity contribution in [1.29, 1.82) is 0 Å². The monoisotopic (exact) mass is 177 g/mol. The van der Waals surface area contributed by atoms with Crippen LogP contribution in [0.3, 0.4) is 0 Å². The molecule has 2 fully saturated rings. The number of hydrogen-bond acceptors (Lipinski definition) is 2. The van der Waals surface area contributed by atoms with E-state index in [1.54, 1.807) is 0 Å². The van der Waals surface area contributed by atoms with Gasteiger partial charge in [-0.3, -0.25) is 0 Å². The molecule has 1 aliphatic heterocycles. The van der Waals surface area contributed by atoms with Gasteiger partial charge in [0.15, 0.2) is 0 Å². The summed E-state index contributed by atoms with van der Waals surface area (Å²) < 4.78 is 5.55.